The minimum atomic E-state index is -2.74. The van der Waals surface area contributed by atoms with Gasteiger partial charge in [-0.1, -0.05) is 83.9 Å². The highest BCUT2D eigenvalue weighted by Gasteiger charge is 2.40. The van der Waals surface area contributed by atoms with Crippen molar-refractivity contribution in [3.05, 3.63) is 111 Å². The molecule has 4 aromatic rings. The molecule has 1 saturated heterocycles. The fourth-order valence-electron chi connectivity index (χ4n) is 7.00. The van der Waals surface area contributed by atoms with Gasteiger partial charge < -0.3 is 30.2 Å². The van der Waals surface area contributed by atoms with Crippen molar-refractivity contribution >= 4 is 68.6 Å². The van der Waals surface area contributed by atoms with Crippen LogP contribution in [-0.2, 0) is 25.2 Å². The second-order valence-corrected chi connectivity index (χ2v) is 16.1. The van der Waals surface area contributed by atoms with Gasteiger partial charge in [0.1, 0.15) is 0 Å². The van der Waals surface area contributed by atoms with Gasteiger partial charge >= 0.3 is 17.9 Å². The third-order valence-electron chi connectivity index (χ3n) is 9.94. The van der Waals surface area contributed by atoms with Gasteiger partial charge in [0.15, 0.2) is 5.60 Å². The van der Waals surface area contributed by atoms with Crippen molar-refractivity contribution in [1.29, 1.82) is 0 Å². The van der Waals surface area contributed by atoms with Gasteiger partial charge in [-0.25, -0.2) is 4.79 Å². The van der Waals surface area contributed by atoms with Crippen LogP contribution < -0.4 is 0 Å². The van der Waals surface area contributed by atoms with Gasteiger partial charge in [-0.2, -0.15) is 0 Å². The molecule has 0 unspecified atom stereocenters. The first-order chi connectivity index (χ1) is 26.0. The van der Waals surface area contributed by atoms with E-state index in [1.54, 1.807) is 6.26 Å². The summed E-state index contributed by atoms with van der Waals surface area (Å²) in [5, 5.41) is 36.9. The maximum absolute atomic E-state index is 13.9. The standard InChI is InChI=1S/C35H38Cl2N2O2S.C6H8O7/c1-24-12-13-25-8-4-5-10-30(25)34(24)35(40)38(2)23-28(27-14-15-31(36)32(37)22-27)18-21-39-19-16-26(17-20-39)29-9-6-7-11-33(29)42(3)41;7-3(8)1-6(13,5(11)12)2-4(9)10/h4-15,22,26,28H,16-21,23H2,1-3H3;13H,1-2H2,(H,7,8)(H,9,10)(H,11,12)/t28-,42+;/m1./s1. The normalized spacial score (nSPS) is 14.7. The van der Waals surface area contributed by atoms with E-state index in [2.05, 4.69) is 23.1 Å². The monoisotopic (exact) mass is 812 g/mol. The van der Waals surface area contributed by atoms with Gasteiger partial charge in [-0.15, -0.1) is 0 Å². The summed E-state index contributed by atoms with van der Waals surface area (Å²) >= 11 is 12.7. The summed E-state index contributed by atoms with van der Waals surface area (Å²) in [5.74, 6) is -4.46. The Bertz CT molecular complexity index is 2040. The van der Waals surface area contributed by atoms with Crippen LogP contribution in [0.1, 0.15) is 71.0 Å². The number of carbonyl (C=O) groups is 4. The molecular weight excluding hydrogens is 767 g/mol. The number of likely N-dealkylation sites (N-methyl/N-ethyl adjacent to an activating group) is 1. The molecule has 5 rings (SSSR count). The minimum absolute atomic E-state index is 0.0298. The minimum Gasteiger partial charge on any atom is -0.481 e. The zero-order valence-electron chi connectivity index (χ0n) is 30.9. The molecular formula is C41H46Cl2N2O9S. The van der Waals surface area contributed by atoms with Gasteiger partial charge in [0.05, 0.1) is 39.2 Å². The predicted molar refractivity (Wildman–Crippen MR) is 214 cm³/mol. The molecule has 4 aromatic carbocycles. The zero-order chi connectivity index (χ0) is 40.4. The van der Waals surface area contributed by atoms with E-state index in [1.807, 2.05) is 79.5 Å². The van der Waals surface area contributed by atoms with Crippen LogP contribution >= 0.6 is 23.2 Å². The summed E-state index contributed by atoms with van der Waals surface area (Å²) < 4.78 is 12.3. The molecule has 1 amide bonds. The van der Waals surface area contributed by atoms with E-state index >= 15 is 0 Å². The zero-order valence-corrected chi connectivity index (χ0v) is 33.2. The molecule has 14 heteroatoms. The van der Waals surface area contributed by atoms with Gasteiger partial charge in [0, 0.05) is 30.7 Å². The van der Waals surface area contributed by atoms with Crippen molar-refractivity contribution in [2.24, 2.45) is 0 Å². The molecule has 11 nitrogen and oxygen atoms in total. The Hall–Kier alpha value is -4.33. The van der Waals surface area contributed by atoms with Crippen LogP contribution in [0.2, 0.25) is 10.0 Å². The van der Waals surface area contributed by atoms with Crippen LogP contribution in [0, 0.1) is 6.92 Å². The molecule has 0 bridgehead atoms. The van der Waals surface area contributed by atoms with E-state index in [-0.39, 0.29) is 11.8 Å². The fraction of sp³-hybridized carbons (Fsp3) is 0.366. The lowest BCUT2D eigenvalue weighted by atomic mass is 9.88. The van der Waals surface area contributed by atoms with Crippen molar-refractivity contribution in [3.8, 4) is 0 Å². The molecule has 2 atom stereocenters. The number of piperidine rings is 1. The molecule has 4 N–H and O–H groups in total. The molecule has 0 aromatic heterocycles. The number of aliphatic hydroxyl groups is 1. The van der Waals surface area contributed by atoms with E-state index in [0.717, 1.165) is 71.3 Å². The molecule has 0 aliphatic carbocycles. The molecule has 1 fully saturated rings. The smallest absolute Gasteiger partial charge is 0.336 e. The molecule has 0 saturated carbocycles. The van der Waals surface area contributed by atoms with Crippen LogP contribution in [0.15, 0.2) is 83.8 Å². The number of aliphatic carboxylic acids is 3. The lowest BCUT2D eigenvalue weighted by Gasteiger charge is -2.34. The first-order valence-electron chi connectivity index (χ1n) is 17.7. The average molecular weight is 814 g/mol. The quantitative estimate of drug-likeness (QED) is 0.103. The number of nitrogens with zero attached hydrogens (tertiary/aromatic N) is 2. The number of amides is 1. The fourth-order valence-corrected chi connectivity index (χ4v) is 8.14. The van der Waals surface area contributed by atoms with Crippen LogP contribution in [0.3, 0.4) is 0 Å². The van der Waals surface area contributed by atoms with Crippen molar-refractivity contribution in [1.82, 2.24) is 9.80 Å². The molecule has 294 valence electrons. The lowest BCUT2D eigenvalue weighted by molar-refractivity contribution is -0.170. The van der Waals surface area contributed by atoms with Crippen LogP contribution in [0.25, 0.3) is 10.8 Å². The predicted octanol–water partition coefficient (Wildman–Crippen LogP) is 7.07. The lowest BCUT2D eigenvalue weighted by Crippen LogP contribution is -2.42. The first kappa shape index (κ1) is 43.4. The van der Waals surface area contributed by atoms with Crippen molar-refractivity contribution < 1.29 is 43.8 Å². The summed E-state index contributed by atoms with van der Waals surface area (Å²) in [5.41, 5.74) is 1.33. The Kier molecular flexibility index (Phi) is 15.4. The Morgan fingerprint density at radius 3 is 2.11 bits per heavy atom. The number of likely N-dealkylation sites (tertiary alicyclic amines) is 1. The summed E-state index contributed by atoms with van der Waals surface area (Å²) in [6.07, 6.45) is 2.46. The number of hydrogen-bond donors (Lipinski definition) is 4. The number of carboxylic acid groups (broad SMARTS) is 3. The van der Waals surface area contributed by atoms with E-state index < -0.39 is 47.2 Å². The van der Waals surface area contributed by atoms with Crippen molar-refractivity contribution in [2.75, 3.05) is 39.5 Å². The summed E-state index contributed by atoms with van der Waals surface area (Å²) in [6.45, 7) is 5.49. The number of rotatable bonds is 14. The highest BCUT2D eigenvalue weighted by molar-refractivity contribution is 7.84. The molecule has 0 spiro atoms. The van der Waals surface area contributed by atoms with Gasteiger partial charge in [-0.3, -0.25) is 18.6 Å². The number of halogens is 2. The van der Waals surface area contributed by atoms with Crippen LogP contribution in [-0.4, -0.2) is 103 Å². The van der Waals surface area contributed by atoms with Crippen LogP contribution in [0.4, 0.5) is 0 Å². The third kappa shape index (κ3) is 11.6. The topological polar surface area (TPSA) is 173 Å². The number of carbonyl (C=O) groups excluding carboxylic acids is 1. The second kappa shape index (κ2) is 19.5. The van der Waals surface area contributed by atoms with Crippen LogP contribution in [0.5, 0.6) is 0 Å². The summed E-state index contributed by atoms with van der Waals surface area (Å²) in [6, 6.07) is 26.2. The first-order valence-corrected chi connectivity index (χ1v) is 20.0. The average Bonchev–Trinajstić information content (AvgIpc) is 3.14. The Morgan fingerprint density at radius 2 is 1.51 bits per heavy atom. The van der Waals surface area contributed by atoms with Gasteiger partial charge in [-0.05, 0) is 97.4 Å². The summed E-state index contributed by atoms with van der Waals surface area (Å²) in [4.78, 5) is 49.7. The van der Waals surface area contributed by atoms with Crippen molar-refractivity contribution in [2.45, 2.75) is 61.4 Å². The second-order valence-electron chi connectivity index (χ2n) is 13.9. The Morgan fingerprint density at radius 1 is 0.891 bits per heavy atom. The molecule has 55 heavy (non-hydrogen) atoms. The molecule has 1 aliphatic heterocycles. The number of hydrogen-bond acceptors (Lipinski definition) is 7. The SMILES string of the molecule is Cc1ccc2ccccc2c1C(=O)N(C)C[C@@H](CCN1CCC(c2ccccc2[S@](C)=O)CC1)c1ccc(Cl)c(Cl)c1.O=C(O)CC(O)(CC(=O)O)C(=O)O. The number of benzene rings is 4. The van der Waals surface area contributed by atoms with E-state index in [4.69, 9.17) is 43.6 Å². The largest absolute Gasteiger partial charge is 0.481 e. The number of fused-ring (bicyclic) bond motifs is 1. The van der Waals surface area contributed by atoms with E-state index in [1.165, 1.54) is 5.56 Å². The summed E-state index contributed by atoms with van der Waals surface area (Å²) in [7, 11) is 0.913. The molecule has 0 radical (unpaired) electrons. The number of carboxylic acids is 3. The Balaban J connectivity index is 0.000000444. The van der Waals surface area contributed by atoms with Gasteiger partial charge in [0.25, 0.3) is 5.91 Å². The van der Waals surface area contributed by atoms with Crippen molar-refractivity contribution in [3.63, 3.8) is 0 Å². The third-order valence-corrected chi connectivity index (χ3v) is 11.7. The highest BCUT2D eigenvalue weighted by atomic mass is 35.5. The Labute approximate surface area is 332 Å². The van der Waals surface area contributed by atoms with Gasteiger partial charge in [0.2, 0.25) is 0 Å². The van der Waals surface area contributed by atoms with E-state index in [9.17, 15) is 23.4 Å². The number of aryl methyl sites for hydroxylation is 1. The molecule has 1 heterocycles. The maximum atomic E-state index is 13.9. The highest BCUT2D eigenvalue weighted by Crippen LogP contribution is 2.34. The molecule has 1 aliphatic rings. The maximum Gasteiger partial charge on any atom is 0.336 e. The van der Waals surface area contributed by atoms with E-state index in [0.29, 0.717) is 22.5 Å².